The van der Waals surface area contributed by atoms with Gasteiger partial charge in [-0.15, -0.1) is 0 Å². The fourth-order valence-electron chi connectivity index (χ4n) is 3.24. The number of thiocarbonyl (C=S) groups is 1. The molecule has 0 radical (unpaired) electrons. The molecule has 1 aliphatic rings. The summed E-state index contributed by atoms with van der Waals surface area (Å²) in [6, 6.07) is 15.0. The van der Waals surface area contributed by atoms with Gasteiger partial charge in [-0.05, 0) is 42.5 Å². The first-order valence-corrected chi connectivity index (χ1v) is 10.6. The van der Waals surface area contributed by atoms with Gasteiger partial charge in [0, 0.05) is 55.1 Å². The third-order valence-corrected chi connectivity index (χ3v) is 5.33. The summed E-state index contributed by atoms with van der Waals surface area (Å²) >= 11 is 5.23. The van der Waals surface area contributed by atoms with Gasteiger partial charge in [0.15, 0.2) is 5.11 Å². The minimum absolute atomic E-state index is 0.120. The van der Waals surface area contributed by atoms with Crippen molar-refractivity contribution in [2.75, 3.05) is 36.4 Å². The van der Waals surface area contributed by atoms with Gasteiger partial charge in [0.25, 0.3) is 0 Å². The number of benzene rings is 2. The van der Waals surface area contributed by atoms with E-state index in [1.165, 1.54) is 6.07 Å². The van der Waals surface area contributed by atoms with Crippen molar-refractivity contribution in [2.24, 2.45) is 5.41 Å². The molecule has 1 heterocycles. The van der Waals surface area contributed by atoms with Gasteiger partial charge in [-0.25, -0.2) is 4.39 Å². The summed E-state index contributed by atoms with van der Waals surface area (Å²) < 4.78 is 13.9. The van der Waals surface area contributed by atoms with Crippen LogP contribution in [0.2, 0.25) is 0 Å². The Balaban J connectivity index is 1.49. The molecule has 30 heavy (non-hydrogen) atoms. The number of anilines is 2. The first-order valence-electron chi connectivity index (χ1n) is 10.2. The Bertz CT molecular complexity index is 887. The average Bonchev–Trinajstić information content (AvgIpc) is 2.70. The second-order valence-electron chi connectivity index (χ2n) is 8.56. The Morgan fingerprint density at radius 1 is 1.03 bits per heavy atom. The summed E-state index contributed by atoms with van der Waals surface area (Å²) in [6.07, 6.45) is 0. The molecule has 0 bridgehead atoms. The second kappa shape index (κ2) is 9.53. The van der Waals surface area contributed by atoms with Gasteiger partial charge >= 0.3 is 0 Å². The predicted octanol–water partition coefficient (Wildman–Crippen LogP) is 4.01. The lowest BCUT2D eigenvalue weighted by Crippen LogP contribution is -2.46. The highest BCUT2D eigenvalue weighted by Gasteiger charge is 2.22. The van der Waals surface area contributed by atoms with Crippen LogP contribution in [0.25, 0.3) is 0 Å². The van der Waals surface area contributed by atoms with Crippen molar-refractivity contribution in [1.29, 1.82) is 0 Å². The van der Waals surface area contributed by atoms with Gasteiger partial charge in [-0.3, -0.25) is 9.69 Å². The molecule has 160 valence electrons. The molecule has 3 rings (SSSR count). The van der Waals surface area contributed by atoms with E-state index < -0.39 is 5.41 Å². The Labute approximate surface area is 183 Å². The monoisotopic (exact) mass is 428 g/mol. The van der Waals surface area contributed by atoms with Gasteiger partial charge in [-0.2, -0.15) is 0 Å². The lowest BCUT2D eigenvalue weighted by atomic mass is 9.96. The highest BCUT2D eigenvalue weighted by Crippen LogP contribution is 2.21. The maximum Gasteiger partial charge on any atom is 0.231 e. The van der Waals surface area contributed by atoms with E-state index in [2.05, 4.69) is 20.4 Å². The minimum atomic E-state index is -0.496. The van der Waals surface area contributed by atoms with E-state index in [4.69, 9.17) is 12.2 Å². The molecule has 1 fully saturated rings. The summed E-state index contributed by atoms with van der Waals surface area (Å²) in [6.45, 7) is 9.72. The maximum absolute atomic E-state index is 13.9. The largest absolute Gasteiger partial charge is 0.369 e. The summed E-state index contributed by atoms with van der Waals surface area (Å²) in [7, 11) is 0. The molecule has 0 saturated carbocycles. The molecule has 1 saturated heterocycles. The third-order valence-electron chi connectivity index (χ3n) is 5.12. The van der Waals surface area contributed by atoms with E-state index in [9.17, 15) is 9.18 Å². The van der Waals surface area contributed by atoms with Crippen LogP contribution in [0.3, 0.4) is 0 Å². The molecule has 0 aromatic heterocycles. The van der Waals surface area contributed by atoms with Crippen molar-refractivity contribution in [1.82, 2.24) is 10.2 Å². The summed E-state index contributed by atoms with van der Waals surface area (Å²) in [5.74, 6) is -0.260. The number of piperazine rings is 1. The number of rotatable bonds is 4. The lowest BCUT2D eigenvalue weighted by molar-refractivity contribution is -0.126. The molecule has 0 aliphatic carbocycles. The zero-order valence-corrected chi connectivity index (χ0v) is 18.6. The summed E-state index contributed by atoms with van der Waals surface area (Å²) in [4.78, 5) is 16.6. The fourth-order valence-corrected chi connectivity index (χ4v) is 3.45. The molecule has 0 unspecified atom stereocenters. The summed E-state index contributed by atoms with van der Waals surface area (Å²) in [5, 5.41) is 6.06. The zero-order chi connectivity index (χ0) is 21.7. The van der Waals surface area contributed by atoms with E-state index in [0.717, 1.165) is 43.1 Å². The van der Waals surface area contributed by atoms with E-state index in [1.807, 2.05) is 57.2 Å². The van der Waals surface area contributed by atoms with Crippen LogP contribution in [0.5, 0.6) is 0 Å². The van der Waals surface area contributed by atoms with Crippen LogP contribution in [0.1, 0.15) is 26.3 Å². The highest BCUT2D eigenvalue weighted by molar-refractivity contribution is 7.80. The van der Waals surface area contributed by atoms with Crippen LogP contribution in [0.15, 0.2) is 48.5 Å². The van der Waals surface area contributed by atoms with Crippen LogP contribution >= 0.6 is 12.2 Å². The number of halogens is 1. The number of carbonyl (C=O) groups is 1. The normalized spacial score (nSPS) is 15.0. The Hall–Kier alpha value is -2.51. The number of carbonyl (C=O) groups excluding carboxylic acids is 1. The van der Waals surface area contributed by atoms with E-state index >= 15 is 0 Å². The number of hydrogen-bond donors (Lipinski definition) is 2. The van der Waals surface area contributed by atoms with E-state index in [0.29, 0.717) is 11.7 Å². The molecule has 1 amide bonds. The Morgan fingerprint density at radius 2 is 1.67 bits per heavy atom. The molecule has 1 aliphatic heterocycles. The number of amides is 1. The van der Waals surface area contributed by atoms with Crippen molar-refractivity contribution in [3.63, 3.8) is 0 Å². The zero-order valence-electron chi connectivity index (χ0n) is 17.7. The lowest BCUT2D eigenvalue weighted by Gasteiger charge is -2.36. The number of nitrogens with zero attached hydrogens (tertiary/aromatic N) is 2. The molecule has 0 spiro atoms. The number of hydrogen-bond acceptors (Lipinski definition) is 4. The van der Waals surface area contributed by atoms with Crippen LogP contribution < -0.4 is 15.5 Å². The predicted molar refractivity (Wildman–Crippen MR) is 124 cm³/mol. The maximum atomic E-state index is 13.9. The molecule has 2 aromatic carbocycles. The average molecular weight is 429 g/mol. The minimum Gasteiger partial charge on any atom is -0.369 e. The van der Waals surface area contributed by atoms with Crippen molar-refractivity contribution in [3.8, 4) is 0 Å². The van der Waals surface area contributed by atoms with E-state index in [-0.39, 0.29) is 11.7 Å². The smallest absolute Gasteiger partial charge is 0.231 e. The van der Waals surface area contributed by atoms with Gasteiger partial charge in [0.05, 0.1) is 0 Å². The van der Waals surface area contributed by atoms with Crippen molar-refractivity contribution < 1.29 is 9.18 Å². The summed E-state index contributed by atoms with van der Waals surface area (Å²) in [5.41, 5.74) is 2.21. The molecule has 2 aromatic rings. The standard InChI is InChI=1S/C23H29FN4OS/c1-23(2,3)21(29)26-22(30)25-18-8-10-19(11-9-18)28-14-12-27(13-15-28)16-17-6-4-5-7-20(17)24/h4-11H,12-16H2,1-3H3,(H2,25,26,29,30). The van der Waals surface area contributed by atoms with Gasteiger partial charge < -0.3 is 15.5 Å². The van der Waals surface area contributed by atoms with Gasteiger partial charge in [-0.1, -0.05) is 39.0 Å². The van der Waals surface area contributed by atoms with Crippen LogP contribution in [0.4, 0.5) is 15.8 Å². The Kier molecular flexibility index (Phi) is 7.05. The fraction of sp³-hybridized carbons (Fsp3) is 0.391. The van der Waals surface area contributed by atoms with Crippen LogP contribution in [-0.2, 0) is 11.3 Å². The van der Waals surface area contributed by atoms with Crippen LogP contribution in [0, 0.1) is 11.2 Å². The molecule has 2 N–H and O–H groups in total. The third kappa shape index (κ3) is 6.00. The van der Waals surface area contributed by atoms with Crippen molar-refractivity contribution in [3.05, 3.63) is 59.9 Å². The van der Waals surface area contributed by atoms with Crippen LogP contribution in [-0.4, -0.2) is 42.1 Å². The molecular weight excluding hydrogens is 399 g/mol. The van der Waals surface area contributed by atoms with Gasteiger partial charge in [0.2, 0.25) is 5.91 Å². The first-order chi connectivity index (χ1) is 14.2. The molecule has 0 atom stereocenters. The first kappa shape index (κ1) is 22.2. The molecular formula is C23H29FN4OS. The molecule has 7 heteroatoms. The van der Waals surface area contributed by atoms with Crippen molar-refractivity contribution >= 4 is 34.6 Å². The SMILES string of the molecule is CC(C)(C)C(=O)NC(=S)Nc1ccc(N2CCN(Cc3ccccc3F)CC2)cc1. The van der Waals surface area contributed by atoms with Gasteiger partial charge in [0.1, 0.15) is 5.82 Å². The van der Waals surface area contributed by atoms with Crippen molar-refractivity contribution in [2.45, 2.75) is 27.3 Å². The Morgan fingerprint density at radius 3 is 2.27 bits per heavy atom. The topological polar surface area (TPSA) is 47.6 Å². The number of nitrogens with one attached hydrogen (secondary N) is 2. The quantitative estimate of drug-likeness (QED) is 0.721. The van der Waals surface area contributed by atoms with E-state index in [1.54, 1.807) is 6.07 Å². The molecule has 5 nitrogen and oxygen atoms in total. The second-order valence-corrected chi connectivity index (χ2v) is 8.97. The highest BCUT2D eigenvalue weighted by atomic mass is 32.1.